The van der Waals surface area contributed by atoms with Gasteiger partial charge in [-0.05, 0) is 36.8 Å². The van der Waals surface area contributed by atoms with Crippen molar-refractivity contribution in [2.75, 3.05) is 11.9 Å². The Hall–Kier alpha value is -3.20. The van der Waals surface area contributed by atoms with E-state index in [1.807, 2.05) is 0 Å². The number of nitrogens with zero attached hydrogens (tertiary/aromatic N) is 1. The van der Waals surface area contributed by atoms with Crippen LogP contribution in [0.4, 0.5) is 19.3 Å². The molecule has 1 atom stereocenters. The Morgan fingerprint density at radius 3 is 2.52 bits per heavy atom. The first-order valence-electron chi connectivity index (χ1n) is 8.44. The van der Waals surface area contributed by atoms with Crippen molar-refractivity contribution in [1.82, 2.24) is 10.2 Å². The van der Waals surface area contributed by atoms with E-state index in [0.717, 1.165) is 4.90 Å². The molecule has 1 aliphatic heterocycles. The van der Waals surface area contributed by atoms with Crippen LogP contribution in [0.1, 0.15) is 12.5 Å². The number of hydrogen-bond donors (Lipinski definition) is 2. The minimum Gasteiger partial charge on any atom is -0.433 e. The summed E-state index contributed by atoms with van der Waals surface area (Å²) in [5, 5.41) is 5.40. The lowest BCUT2D eigenvalue weighted by molar-refractivity contribution is -0.133. The van der Waals surface area contributed by atoms with Crippen molar-refractivity contribution < 1.29 is 27.9 Å². The Bertz CT molecular complexity index is 955. The summed E-state index contributed by atoms with van der Waals surface area (Å²) in [6, 6.07) is 11.2. The standard InChI is InChI=1S/C19H16ClF2N3O4/c1-19(11-6-8-12(20)9-7-11)16(27)25(18(28)24-19)10-15(26)23-13-4-2-3-5-14(13)29-17(21)22/h2-9,17H,10H2,1H3,(H,23,26)(H,24,28). The van der Waals surface area contributed by atoms with Crippen molar-refractivity contribution in [3.63, 3.8) is 0 Å². The third-order valence-electron chi connectivity index (χ3n) is 4.38. The minimum atomic E-state index is -3.07. The van der Waals surface area contributed by atoms with Crippen molar-refractivity contribution >= 4 is 35.1 Å². The molecule has 1 saturated heterocycles. The van der Waals surface area contributed by atoms with E-state index < -0.39 is 36.5 Å². The minimum absolute atomic E-state index is 0.00897. The number of rotatable bonds is 6. The molecule has 0 aliphatic carbocycles. The maximum atomic E-state index is 12.8. The SMILES string of the molecule is CC1(c2ccc(Cl)cc2)NC(=O)N(CC(=O)Nc2ccccc2OC(F)F)C1=O. The number of imide groups is 1. The van der Waals surface area contributed by atoms with Crippen LogP contribution in [0.2, 0.25) is 5.02 Å². The molecule has 7 nitrogen and oxygen atoms in total. The van der Waals surface area contributed by atoms with Crippen molar-refractivity contribution in [1.29, 1.82) is 0 Å². The van der Waals surface area contributed by atoms with E-state index in [-0.39, 0.29) is 11.4 Å². The lowest BCUT2D eigenvalue weighted by atomic mass is 9.92. The first-order chi connectivity index (χ1) is 13.7. The summed E-state index contributed by atoms with van der Waals surface area (Å²) in [6.45, 7) is -2.16. The Morgan fingerprint density at radius 1 is 1.21 bits per heavy atom. The molecule has 152 valence electrons. The monoisotopic (exact) mass is 423 g/mol. The molecule has 10 heteroatoms. The van der Waals surface area contributed by atoms with Crippen molar-refractivity contribution in [3.05, 3.63) is 59.1 Å². The number of para-hydroxylation sites is 2. The van der Waals surface area contributed by atoms with E-state index in [1.54, 1.807) is 24.3 Å². The molecule has 2 aromatic carbocycles. The van der Waals surface area contributed by atoms with Crippen molar-refractivity contribution in [2.45, 2.75) is 19.1 Å². The number of benzene rings is 2. The van der Waals surface area contributed by atoms with Gasteiger partial charge in [0.2, 0.25) is 5.91 Å². The average molecular weight is 424 g/mol. The van der Waals surface area contributed by atoms with E-state index in [4.69, 9.17) is 11.6 Å². The molecule has 0 radical (unpaired) electrons. The number of nitrogens with one attached hydrogen (secondary N) is 2. The van der Waals surface area contributed by atoms with Crippen LogP contribution in [0.3, 0.4) is 0 Å². The topological polar surface area (TPSA) is 87.7 Å². The largest absolute Gasteiger partial charge is 0.433 e. The highest BCUT2D eigenvalue weighted by Crippen LogP contribution is 2.30. The van der Waals surface area contributed by atoms with Gasteiger partial charge in [-0.25, -0.2) is 4.79 Å². The van der Waals surface area contributed by atoms with Crippen LogP contribution in [0.15, 0.2) is 48.5 Å². The summed E-state index contributed by atoms with van der Waals surface area (Å²) in [7, 11) is 0. The zero-order chi connectivity index (χ0) is 21.2. The second-order valence-corrected chi connectivity index (χ2v) is 6.81. The number of amides is 4. The first-order valence-corrected chi connectivity index (χ1v) is 8.82. The van der Waals surface area contributed by atoms with Crippen LogP contribution in [-0.4, -0.2) is 35.9 Å². The third-order valence-corrected chi connectivity index (χ3v) is 4.63. The van der Waals surface area contributed by atoms with Crippen LogP contribution in [-0.2, 0) is 15.1 Å². The Balaban J connectivity index is 1.74. The molecule has 0 aromatic heterocycles. The molecule has 2 N–H and O–H groups in total. The molecule has 1 aliphatic rings. The second kappa shape index (κ2) is 8.04. The molecule has 29 heavy (non-hydrogen) atoms. The van der Waals surface area contributed by atoms with Gasteiger partial charge in [0, 0.05) is 5.02 Å². The average Bonchev–Trinajstić information content (AvgIpc) is 2.87. The second-order valence-electron chi connectivity index (χ2n) is 6.38. The Kier molecular flexibility index (Phi) is 5.69. The van der Waals surface area contributed by atoms with Gasteiger partial charge in [0.1, 0.15) is 17.8 Å². The molecule has 4 amide bonds. The number of carbonyl (C=O) groups excluding carboxylic acids is 3. The lowest BCUT2D eigenvalue weighted by Gasteiger charge is -2.22. The van der Waals surface area contributed by atoms with E-state index in [2.05, 4.69) is 15.4 Å². The predicted molar refractivity (Wildman–Crippen MR) is 101 cm³/mol. The zero-order valence-corrected chi connectivity index (χ0v) is 15.9. The van der Waals surface area contributed by atoms with Gasteiger partial charge in [0.05, 0.1) is 5.69 Å². The van der Waals surface area contributed by atoms with Gasteiger partial charge in [-0.2, -0.15) is 8.78 Å². The molecule has 0 saturated carbocycles. The van der Waals surface area contributed by atoms with Crippen LogP contribution in [0.25, 0.3) is 0 Å². The van der Waals surface area contributed by atoms with E-state index in [0.29, 0.717) is 10.6 Å². The third kappa shape index (κ3) is 4.29. The number of ether oxygens (including phenoxy) is 1. The van der Waals surface area contributed by atoms with Crippen LogP contribution in [0.5, 0.6) is 5.75 Å². The summed E-state index contributed by atoms with van der Waals surface area (Å²) in [5.74, 6) is -1.62. The fourth-order valence-corrected chi connectivity index (χ4v) is 3.05. The van der Waals surface area contributed by atoms with E-state index in [9.17, 15) is 23.2 Å². The van der Waals surface area contributed by atoms with Crippen molar-refractivity contribution in [3.8, 4) is 5.75 Å². The molecule has 0 bridgehead atoms. The highest BCUT2D eigenvalue weighted by Gasteiger charge is 2.49. The molecule has 1 fully saturated rings. The lowest BCUT2D eigenvalue weighted by Crippen LogP contribution is -2.42. The normalized spacial score (nSPS) is 18.7. The Morgan fingerprint density at radius 2 is 1.86 bits per heavy atom. The van der Waals surface area contributed by atoms with Crippen LogP contribution < -0.4 is 15.4 Å². The summed E-state index contributed by atoms with van der Waals surface area (Å²) in [4.78, 5) is 38.2. The summed E-state index contributed by atoms with van der Waals surface area (Å²) >= 11 is 5.85. The van der Waals surface area contributed by atoms with Gasteiger partial charge in [-0.3, -0.25) is 14.5 Å². The molecule has 1 unspecified atom stereocenters. The highest BCUT2D eigenvalue weighted by atomic mass is 35.5. The predicted octanol–water partition coefficient (Wildman–Crippen LogP) is 3.35. The number of alkyl halides is 2. The summed E-state index contributed by atoms with van der Waals surface area (Å²) in [6.07, 6.45) is 0. The Labute approximate surface area is 169 Å². The van der Waals surface area contributed by atoms with Gasteiger partial charge < -0.3 is 15.4 Å². The van der Waals surface area contributed by atoms with Gasteiger partial charge in [0.25, 0.3) is 5.91 Å². The van der Waals surface area contributed by atoms with Crippen LogP contribution >= 0.6 is 11.6 Å². The molecule has 2 aromatic rings. The molecular formula is C19H16ClF2N3O4. The highest BCUT2D eigenvalue weighted by molar-refractivity contribution is 6.30. The first kappa shape index (κ1) is 20.5. The number of hydrogen-bond acceptors (Lipinski definition) is 4. The number of halogens is 3. The van der Waals surface area contributed by atoms with E-state index in [1.165, 1.54) is 31.2 Å². The summed E-state index contributed by atoms with van der Waals surface area (Å²) in [5.41, 5.74) is -0.872. The van der Waals surface area contributed by atoms with Gasteiger partial charge in [-0.1, -0.05) is 35.9 Å². The van der Waals surface area contributed by atoms with Gasteiger partial charge in [0.15, 0.2) is 0 Å². The fourth-order valence-electron chi connectivity index (χ4n) is 2.92. The molecule has 1 heterocycles. The van der Waals surface area contributed by atoms with Gasteiger partial charge in [-0.15, -0.1) is 0 Å². The number of urea groups is 1. The quantitative estimate of drug-likeness (QED) is 0.697. The molecular weight excluding hydrogens is 408 g/mol. The maximum absolute atomic E-state index is 12.8. The molecule has 0 spiro atoms. The van der Waals surface area contributed by atoms with Crippen LogP contribution in [0, 0.1) is 0 Å². The summed E-state index contributed by atoms with van der Waals surface area (Å²) < 4.78 is 29.3. The van der Waals surface area contributed by atoms with E-state index >= 15 is 0 Å². The molecule has 3 rings (SSSR count). The smallest absolute Gasteiger partial charge is 0.387 e. The number of carbonyl (C=O) groups is 3. The maximum Gasteiger partial charge on any atom is 0.387 e. The fraction of sp³-hybridized carbons (Fsp3) is 0.211. The zero-order valence-electron chi connectivity index (χ0n) is 15.1. The van der Waals surface area contributed by atoms with Gasteiger partial charge >= 0.3 is 12.6 Å². The van der Waals surface area contributed by atoms with Crippen molar-refractivity contribution in [2.24, 2.45) is 0 Å². The number of anilines is 1.